The van der Waals surface area contributed by atoms with E-state index in [1.165, 1.54) is 19.3 Å². The summed E-state index contributed by atoms with van der Waals surface area (Å²) in [6.45, 7) is 8.15. The van der Waals surface area contributed by atoms with Crippen LogP contribution in [0.15, 0.2) is 0 Å². The summed E-state index contributed by atoms with van der Waals surface area (Å²) in [6.07, 6.45) is 3.18. The predicted molar refractivity (Wildman–Crippen MR) is 59.4 cm³/mol. The van der Waals surface area contributed by atoms with Crippen LogP contribution in [-0.2, 0) is 19.1 Å². The third kappa shape index (κ3) is 4.12. The first-order valence-corrected chi connectivity index (χ1v) is 6.22. The van der Waals surface area contributed by atoms with Gasteiger partial charge in [-0.05, 0) is 13.8 Å². The summed E-state index contributed by atoms with van der Waals surface area (Å²) < 4.78 is 10.3. The predicted octanol–water partition coefficient (Wildman–Crippen LogP) is 2.66. The van der Waals surface area contributed by atoms with Gasteiger partial charge in [0.25, 0.3) is 0 Å². The van der Waals surface area contributed by atoms with E-state index in [9.17, 15) is 4.91 Å². The minimum Gasteiger partial charge on any atom is -0.270 e. The summed E-state index contributed by atoms with van der Waals surface area (Å²) in [5, 5.41) is -0.0369. The number of nitrogens with zero attached hydrogens (tertiary/aromatic N) is 1. The molecule has 6 heteroatoms. The maximum atomic E-state index is 10.3. The average molecular weight is 248 g/mol. The van der Waals surface area contributed by atoms with E-state index in [1.807, 2.05) is 13.8 Å². The molecule has 1 spiro atoms. The lowest BCUT2D eigenvalue weighted by Crippen LogP contribution is -2.60. The maximum absolute atomic E-state index is 10.3. The number of unbranched alkanes of at least 4 members (excludes halogenated alkanes) is 2. The van der Waals surface area contributed by atoms with Crippen LogP contribution >= 0.6 is 0 Å². The molecule has 2 aliphatic heterocycles. The van der Waals surface area contributed by atoms with Crippen molar-refractivity contribution in [3.63, 3.8) is 0 Å². The van der Waals surface area contributed by atoms with E-state index in [4.69, 9.17) is 9.47 Å². The van der Waals surface area contributed by atoms with Crippen LogP contribution in [0.4, 0.5) is 0 Å². The zero-order valence-electron chi connectivity index (χ0n) is 11.0. The highest BCUT2D eigenvalue weighted by molar-refractivity contribution is 4.65. The lowest BCUT2D eigenvalue weighted by atomic mass is 10.2. The summed E-state index contributed by atoms with van der Waals surface area (Å²) in [4.78, 5) is 19.3. The molecule has 100 valence electrons. The van der Waals surface area contributed by atoms with E-state index in [-0.39, 0.29) is 17.3 Å². The van der Waals surface area contributed by atoms with E-state index < -0.39 is 6.16 Å². The first kappa shape index (κ1) is 14.2. The Morgan fingerprint density at radius 3 is 1.88 bits per heavy atom. The average Bonchev–Trinajstić information content (AvgIpc) is 2.15. The third-order valence-corrected chi connectivity index (χ3v) is 2.43. The van der Waals surface area contributed by atoms with Crippen LogP contribution in [0.3, 0.4) is 0 Å². The quantitative estimate of drug-likeness (QED) is 0.752. The summed E-state index contributed by atoms with van der Waals surface area (Å²) in [5.74, 6) is 0. The molecule has 2 aliphatic rings. The van der Waals surface area contributed by atoms with Gasteiger partial charge in [-0.2, -0.15) is 0 Å². The Balaban J connectivity index is 0.000000249. The van der Waals surface area contributed by atoms with E-state index in [0.29, 0.717) is 0 Å². The Kier molecular flexibility index (Phi) is 5.14. The van der Waals surface area contributed by atoms with Crippen LogP contribution in [0.2, 0.25) is 0 Å². The number of rotatable bonds is 2. The monoisotopic (exact) mass is 248 g/mol. The molecule has 0 bridgehead atoms. The Morgan fingerprint density at radius 1 is 1.12 bits per heavy atom. The van der Waals surface area contributed by atoms with Gasteiger partial charge in [-0.25, -0.2) is 0 Å². The number of hydrogen-bond acceptors (Lipinski definition) is 5. The van der Waals surface area contributed by atoms with Crippen molar-refractivity contribution in [3.05, 3.63) is 4.91 Å². The van der Waals surface area contributed by atoms with Crippen molar-refractivity contribution in [2.24, 2.45) is 0 Å². The smallest absolute Gasteiger partial charge is 0.270 e. The van der Waals surface area contributed by atoms with Gasteiger partial charge >= 0.3 is 11.2 Å². The van der Waals surface area contributed by atoms with Crippen molar-refractivity contribution in [3.8, 4) is 0 Å². The van der Waals surface area contributed by atoms with E-state index in [0.717, 1.165) is 6.42 Å². The lowest BCUT2D eigenvalue weighted by molar-refractivity contribution is -1.15. The van der Waals surface area contributed by atoms with Crippen LogP contribution in [-0.4, -0.2) is 23.5 Å². The van der Waals surface area contributed by atoms with Gasteiger partial charge in [-0.15, -0.1) is 0 Å². The molecule has 0 aromatic heterocycles. The molecular formula is C11H22NO5+. The SMILES string of the molecule is CC1CC(C)OC2(O1)O[N+](=O)O2.CCCCC. The molecule has 2 fully saturated rings. The fourth-order valence-electron chi connectivity index (χ4n) is 1.71. The summed E-state index contributed by atoms with van der Waals surface area (Å²) in [6, 6.07) is 0. The molecule has 2 atom stereocenters. The largest absolute Gasteiger partial charge is 0.635 e. The molecule has 0 amide bonds. The molecule has 0 aromatic carbocycles. The van der Waals surface area contributed by atoms with Gasteiger partial charge in [0, 0.05) is 6.42 Å². The molecule has 0 N–H and O–H groups in total. The van der Waals surface area contributed by atoms with Gasteiger partial charge in [-0.1, -0.05) is 42.8 Å². The highest BCUT2D eigenvalue weighted by Crippen LogP contribution is 2.34. The Labute approximate surface area is 102 Å². The van der Waals surface area contributed by atoms with Crippen molar-refractivity contribution in [2.75, 3.05) is 0 Å². The topological polar surface area (TPSA) is 57.0 Å². The first-order valence-electron chi connectivity index (χ1n) is 6.22. The molecule has 2 unspecified atom stereocenters. The zero-order chi connectivity index (χ0) is 12.9. The second-order valence-corrected chi connectivity index (χ2v) is 4.35. The van der Waals surface area contributed by atoms with E-state index in [1.54, 1.807) is 0 Å². The molecule has 0 radical (unpaired) electrons. The van der Waals surface area contributed by atoms with E-state index in [2.05, 4.69) is 23.5 Å². The molecule has 2 rings (SSSR count). The zero-order valence-corrected chi connectivity index (χ0v) is 11.0. The minimum absolute atomic E-state index is 0.0369. The van der Waals surface area contributed by atoms with Crippen molar-refractivity contribution in [1.82, 2.24) is 0 Å². The number of ether oxygens (including phenoxy) is 2. The fourth-order valence-corrected chi connectivity index (χ4v) is 1.71. The van der Waals surface area contributed by atoms with Crippen LogP contribution < -0.4 is 0 Å². The standard InChI is InChI=1S/C6H10NO5.C5H12/c1-4-3-5(2)10-6(9-4)11-7(8)12-6;1-3-5-4-2/h4-5H,3H2,1-2H3;3-5H2,1-2H3/q+1;. The van der Waals surface area contributed by atoms with Crippen LogP contribution in [0.1, 0.15) is 53.4 Å². The molecule has 2 saturated heterocycles. The highest BCUT2D eigenvalue weighted by atomic mass is 17.3. The second kappa shape index (κ2) is 6.16. The maximum Gasteiger partial charge on any atom is 0.635 e. The van der Waals surface area contributed by atoms with Gasteiger partial charge < -0.3 is 0 Å². The second-order valence-electron chi connectivity index (χ2n) is 4.35. The molecular weight excluding hydrogens is 226 g/mol. The highest BCUT2D eigenvalue weighted by Gasteiger charge is 2.68. The Morgan fingerprint density at radius 2 is 1.59 bits per heavy atom. The molecule has 0 aliphatic carbocycles. The Bertz CT molecular complexity index is 236. The third-order valence-electron chi connectivity index (χ3n) is 2.43. The van der Waals surface area contributed by atoms with E-state index >= 15 is 0 Å². The van der Waals surface area contributed by atoms with Crippen molar-refractivity contribution in [2.45, 2.75) is 71.7 Å². The molecule has 2 heterocycles. The van der Waals surface area contributed by atoms with Gasteiger partial charge in [0.2, 0.25) is 0 Å². The van der Waals surface area contributed by atoms with Gasteiger partial charge in [0.1, 0.15) is 4.91 Å². The van der Waals surface area contributed by atoms with Gasteiger partial charge in [0.05, 0.1) is 12.2 Å². The van der Waals surface area contributed by atoms with Gasteiger partial charge in [0.15, 0.2) is 0 Å². The van der Waals surface area contributed by atoms with Crippen molar-refractivity contribution >= 4 is 0 Å². The molecule has 17 heavy (non-hydrogen) atoms. The minimum atomic E-state index is -1.57. The van der Waals surface area contributed by atoms with Crippen LogP contribution in [0, 0.1) is 4.91 Å². The molecule has 6 nitrogen and oxygen atoms in total. The molecule has 0 aromatic rings. The lowest BCUT2D eigenvalue weighted by Gasteiger charge is -2.35. The number of hydrogen-bond donors (Lipinski definition) is 0. The summed E-state index contributed by atoms with van der Waals surface area (Å²) in [5.41, 5.74) is 0. The van der Waals surface area contributed by atoms with Crippen molar-refractivity contribution in [1.29, 1.82) is 0 Å². The normalized spacial score (nSPS) is 29.5. The first-order chi connectivity index (χ1) is 8.01. The Hall–Kier alpha value is -0.880. The summed E-state index contributed by atoms with van der Waals surface area (Å²) in [7, 11) is 0. The van der Waals surface area contributed by atoms with Crippen molar-refractivity contribution < 1.29 is 24.2 Å². The fraction of sp³-hybridized carbons (Fsp3) is 1.00. The summed E-state index contributed by atoms with van der Waals surface area (Å²) >= 11 is 0. The molecule has 0 saturated carbocycles. The van der Waals surface area contributed by atoms with Crippen LogP contribution in [0.5, 0.6) is 0 Å². The van der Waals surface area contributed by atoms with Crippen LogP contribution in [0.25, 0.3) is 0 Å². The van der Waals surface area contributed by atoms with Gasteiger partial charge in [-0.3, -0.25) is 9.47 Å².